The van der Waals surface area contributed by atoms with Gasteiger partial charge in [0.2, 0.25) is 0 Å². The summed E-state index contributed by atoms with van der Waals surface area (Å²) in [5.74, 6) is 1.26. The van der Waals surface area contributed by atoms with Crippen LogP contribution in [-0.2, 0) is 6.54 Å². The van der Waals surface area contributed by atoms with Gasteiger partial charge in [-0.25, -0.2) is 0 Å². The molecule has 3 aromatic carbocycles. The summed E-state index contributed by atoms with van der Waals surface area (Å²) in [6, 6.07) is 30.8. The van der Waals surface area contributed by atoms with Crippen LogP contribution in [0.5, 0.6) is 5.75 Å². The summed E-state index contributed by atoms with van der Waals surface area (Å²) in [4.78, 5) is 0. The van der Waals surface area contributed by atoms with E-state index < -0.39 is 0 Å². The molecule has 1 fully saturated rings. The molecule has 0 saturated carbocycles. The van der Waals surface area contributed by atoms with Gasteiger partial charge >= 0.3 is 0 Å². The standard InChI is InChI=1S/C26H30N2O/c1-29-24-17-9-8-15-22(24)19-28-23-16-10-18-27-26(23)25(20-11-4-2-5-12-20)21-13-6-3-7-14-21/h2-9,11-15,17,23,25-28H,10,16,18-19H2,1H3/t23-,26-/m1/s1. The summed E-state index contributed by atoms with van der Waals surface area (Å²) >= 11 is 0. The van der Waals surface area contributed by atoms with Crippen molar-refractivity contribution in [3.8, 4) is 5.75 Å². The van der Waals surface area contributed by atoms with E-state index in [9.17, 15) is 0 Å². The molecule has 1 aliphatic heterocycles. The highest BCUT2D eigenvalue weighted by atomic mass is 16.5. The Balaban J connectivity index is 1.60. The highest BCUT2D eigenvalue weighted by molar-refractivity contribution is 5.36. The lowest BCUT2D eigenvalue weighted by Gasteiger charge is -2.39. The second-order valence-corrected chi connectivity index (χ2v) is 7.72. The minimum absolute atomic E-state index is 0.313. The summed E-state index contributed by atoms with van der Waals surface area (Å²) in [5.41, 5.74) is 3.93. The number of para-hydroxylation sites is 1. The van der Waals surface area contributed by atoms with Gasteiger partial charge in [-0.15, -0.1) is 0 Å². The third kappa shape index (κ3) is 4.69. The molecule has 3 aromatic rings. The molecule has 3 nitrogen and oxygen atoms in total. The lowest BCUT2D eigenvalue weighted by molar-refractivity contribution is 0.279. The van der Waals surface area contributed by atoms with Crippen molar-refractivity contribution >= 4 is 0 Å². The molecule has 1 saturated heterocycles. The molecule has 0 spiro atoms. The molecule has 2 atom stereocenters. The van der Waals surface area contributed by atoms with Crippen molar-refractivity contribution in [3.63, 3.8) is 0 Å². The zero-order valence-corrected chi connectivity index (χ0v) is 17.1. The van der Waals surface area contributed by atoms with Crippen LogP contribution in [0.25, 0.3) is 0 Å². The van der Waals surface area contributed by atoms with E-state index in [0.717, 1.165) is 18.8 Å². The third-order valence-corrected chi connectivity index (χ3v) is 5.93. The first-order chi connectivity index (χ1) is 14.4. The van der Waals surface area contributed by atoms with E-state index in [1.54, 1.807) is 7.11 Å². The van der Waals surface area contributed by atoms with Gasteiger partial charge in [-0.3, -0.25) is 0 Å². The van der Waals surface area contributed by atoms with Crippen molar-refractivity contribution in [2.45, 2.75) is 37.4 Å². The van der Waals surface area contributed by atoms with Crippen LogP contribution in [0.4, 0.5) is 0 Å². The lowest BCUT2D eigenvalue weighted by atomic mass is 9.79. The molecule has 0 unspecified atom stereocenters. The van der Waals surface area contributed by atoms with Crippen LogP contribution in [0.2, 0.25) is 0 Å². The van der Waals surface area contributed by atoms with Gasteiger partial charge < -0.3 is 15.4 Å². The first-order valence-corrected chi connectivity index (χ1v) is 10.6. The summed E-state index contributed by atoms with van der Waals surface area (Å²) in [6.45, 7) is 1.87. The van der Waals surface area contributed by atoms with Crippen LogP contribution in [0, 0.1) is 0 Å². The van der Waals surface area contributed by atoms with Crippen LogP contribution in [0.15, 0.2) is 84.9 Å². The van der Waals surface area contributed by atoms with Gasteiger partial charge in [0.1, 0.15) is 5.75 Å². The predicted molar refractivity (Wildman–Crippen MR) is 119 cm³/mol. The molecule has 0 radical (unpaired) electrons. The van der Waals surface area contributed by atoms with Gasteiger partial charge in [0, 0.05) is 30.1 Å². The summed E-state index contributed by atoms with van der Waals surface area (Å²) in [5, 5.41) is 7.68. The third-order valence-electron chi connectivity index (χ3n) is 5.93. The average molecular weight is 387 g/mol. The highest BCUT2D eigenvalue weighted by Crippen LogP contribution is 2.32. The average Bonchev–Trinajstić information content (AvgIpc) is 2.80. The number of ether oxygens (including phenoxy) is 1. The van der Waals surface area contributed by atoms with Crippen LogP contribution >= 0.6 is 0 Å². The topological polar surface area (TPSA) is 33.3 Å². The number of rotatable bonds is 7. The number of piperidine rings is 1. The zero-order chi connectivity index (χ0) is 19.9. The fourth-order valence-electron chi connectivity index (χ4n) is 4.51. The fourth-order valence-corrected chi connectivity index (χ4v) is 4.51. The van der Waals surface area contributed by atoms with E-state index in [0.29, 0.717) is 18.0 Å². The van der Waals surface area contributed by atoms with Gasteiger partial charge in [-0.1, -0.05) is 78.9 Å². The van der Waals surface area contributed by atoms with Crippen LogP contribution in [-0.4, -0.2) is 25.7 Å². The second-order valence-electron chi connectivity index (χ2n) is 7.72. The highest BCUT2D eigenvalue weighted by Gasteiger charge is 2.33. The molecule has 0 bridgehead atoms. The van der Waals surface area contributed by atoms with Crippen molar-refractivity contribution in [2.75, 3.05) is 13.7 Å². The van der Waals surface area contributed by atoms with Crippen molar-refractivity contribution < 1.29 is 4.74 Å². The Bertz CT molecular complexity index is 842. The van der Waals surface area contributed by atoms with Crippen molar-refractivity contribution in [2.24, 2.45) is 0 Å². The molecule has 29 heavy (non-hydrogen) atoms. The normalized spacial score (nSPS) is 19.2. The van der Waals surface area contributed by atoms with Crippen molar-refractivity contribution in [3.05, 3.63) is 102 Å². The maximum atomic E-state index is 5.54. The Morgan fingerprint density at radius 2 is 1.52 bits per heavy atom. The van der Waals surface area contributed by atoms with Gasteiger partial charge in [0.05, 0.1) is 7.11 Å². The fraction of sp³-hybridized carbons (Fsp3) is 0.308. The van der Waals surface area contributed by atoms with E-state index >= 15 is 0 Å². The molecule has 150 valence electrons. The van der Waals surface area contributed by atoms with E-state index in [2.05, 4.69) is 83.4 Å². The van der Waals surface area contributed by atoms with E-state index in [1.807, 2.05) is 12.1 Å². The monoisotopic (exact) mass is 386 g/mol. The Morgan fingerprint density at radius 1 is 0.897 bits per heavy atom. The number of benzene rings is 3. The van der Waals surface area contributed by atoms with Crippen LogP contribution in [0.1, 0.15) is 35.4 Å². The van der Waals surface area contributed by atoms with Crippen molar-refractivity contribution in [1.29, 1.82) is 0 Å². The maximum Gasteiger partial charge on any atom is 0.123 e. The number of hydrogen-bond donors (Lipinski definition) is 2. The predicted octanol–water partition coefficient (Wildman–Crippen LogP) is 4.74. The van der Waals surface area contributed by atoms with Gasteiger partial charge in [0.15, 0.2) is 0 Å². The smallest absolute Gasteiger partial charge is 0.123 e. The van der Waals surface area contributed by atoms with Gasteiger partial charge in [-0.05, 0) is 36.6 Å². The molecular weight excluding hydrogens is 356 g/mol. The first-order valence-electron chi connectivity index (χ1n) is 10.6. The molecule has 0 amide bonds. The maximum absolute atomic E-state index is 5.54. The molecule has 1 heterocycles. The summed E-state index contributed by atoms with van der Waals surface area (Å²) < 4.78 is 5.54. The second kappa shape index (κ2) is 9.73. The molecule has 0 aromatic heterocycles. The largest absolute Gasteiger partial charge is 0.496 e. The van der Waals surface area contributed by atoms with Crippen LogP contribution < -0.4 is 15.4 Å². The number of hydrogen-bond acceptors (Lipinski definition) is 3. The Kier molecular flexibility index (Phi) is 6.60. The molecule has 3 heteroatoms. The molecular formula is C26H30N2O. The van der Waals surface area contributed by atoms with Gasteiger partial charge in [0.25, 0.3) is 0 Å². The number of methoxy groups -OCH3 is 1. The van der Waals surface area contributed by atoms with Gasteiger partial charge in [-0.2, -0.15) is 0 Å². The molecule has 1 aliphatic rings. The Hall–Kier alpha value is -2.62. The quantitative estimate of drug-likeness (QED) is 0.615. The van der Waals surface area contributed by atoms with E-state index in [1.165, 1.54) is 29.5 Å². The summed E-state index contributed by atoms with van der Waals surface area (Å²) in [6.07, 6.45) is 2.36. The van der Waals surface area contributed by atoms with E-state index in [-0.39, 0.29) is 0 Å². The van der Waals surface area contributed by atoms with Crippen molar-refractivity contribution in [1.82, 2.24) is 10.6 Å². The SMILES string of the molecule is COc1ccccc1CN[C@@H]1CCCN[C@H]1C(c1ccccc1)c1ccccc1. The van der Waals surface area contributed by atoms with E-state index in [4.69, 9.17) is 4.74 Å². The van der Waals surface area contributed by atoms with Crippen LogP contribution in [0.3, 0.4) is 0 Å². The summed E-state index contributed by atoms with van der Waals surface area (Å²) in [7, 11) is 1.74. The number of nitrogens with one attached hydrogen (secondary N) is 2. The minimum Gasteiger partial charge on any atom is -0.496 e. The Morgan fingerprint density at radius 3 is 2.17 bits per heavy atom. The Labute approximate surface area is 174 Å². The molecule has 2 N–H and O–H groups in total. The zero-order valence-electron chi connectivity index (χ0n) is 17.1. The minimum atomic E-state index is 0.313. The molecule has 4 rings (SSSR count). The lowest BCUT2D eigenvalue weighted by Crippen LogP contribution is -2.54. The first kappa shape index (κ1) is 19.7. The molecule has 0 aliphatic carbocycles.